The van der Waals surface area contributed by atoms with Crippen LogP contribution < -0.4 is 5.32 Å². The zero-order valence-corrected chi connectivity index (χ0v) is 13.0. The number of aliphatic hydroxyl groups is 1. The third kappa shape index (κ3) is 5.25. The van der Waals surface area contributed by atoms with Gasteiger partial charge in [-0.25, -0.2) is 9.59 Å². The highest BCUT2D eigenvalue weighted by atomic mass is 16.6. The number of anilines is 1. The summed E-state index contributed by atoms with van der Waals surface area (Å²) < 4.78 is 5.11. The third-order valence-corrected chi connectivity index (χ3v) is 2.72. The van der Waals surface area contributed by atoms with E-state index in [1.807, 2.05) is 0 Å². The van der Waals surface area contributed by atoms with Crippen molar-refractivity contribution in [3.8, 4) is 5.75 Å². The van der Waals surface area contributed by atoms with Crippen LogP contribution in [0.3, 0.4) is 0 Å². The summed E-state index contributed by atoms with van der Waals surface area (Å²) in [5.74, 6) is -1.51. The molecule has 1 atom stereocenters. The first-order chi connectivity index (χ1) is 9.90. The number of hydrogen-bond acceptors (Lipinski definition) is 5. The molecule has 0 aliphatic carbocycles. The van der Waals surface area contributed by atoms with Gasteiger partial charge in [0.15, 0.2) is 5.60 Å². The van der Waals surface area contributed by atoms with Crippen LogP contribution in [0.15, 0.2) is 18.2 Å². The molecule has 7 heteroatoms. The van der Waals surface area contributed by atoms with E-state index in [0.717, 1.165) is 6.92 Å². The number of carboxylic acids is 1. The molecule has 4 N–H and O–H groups in total. The molecule has 0 aliphatic rings. The molecule has 0 aliphatic heterocycles. The number of aliphatic carboxylic acids is 1. The number of carbonyl (C=O) groups excluding carboxylic acids is 1. The zero-order valence-electron chi connectivity index (χ0n) is 13.0. The van der Waals surface area contributed by atoms with Gasteiger partial charge in [0.1, 0.15) is 11.4 Å². The van der Waals surface area contributed by atoms with Gasteiger partial charge in [-0.15, -0.1) is 0 Å². The molecule has 0 radical (unpaired) electrons. The maximum absolute atomic E-state index is 11.8. The van der Waals surface area contributed by atoms with Crippen LogP contribution >= 0.6 is 0 Å². The average Bonchev–Trinajstić information content (AvgIpc) is 2.29. The second-order valence-corrected chi connectivity index (χ2v) is 6.22. The van der Waals surface area contributed by atoms with Gasteiger partial charge in [-0.3, -0.25) is 5.32 Å². The molecular weight excluding hydrogens is 290 g/mol. The molecule has 1 rings (SSSR count). The van der Waals surface area contributed by atoms with Gasteiger partial charge >= 0.3 is 12.1 Å². The molecule has 0 saturated carbocycles. The minimum Gasteiger partial charge on any atom is -0.508 e. The van der Waals surface area contributed by atoms with Crippen molar-refractivity contribution in [2.75, 3.05) is 5.32 Å². The maximum atomic E-state index is 11.8. The van der Waals surface area contributed by atoms with Crippen LogP contribution in [0, 0.1) is 0 Å². The molecule has 0 heterocycles. The first kappa shape index (κ1) is 17.8. The Balaban J connectivity index is 3.01. The molecule has 122 valence electrons. The lowest BCUT2D eigenvalue weighted by Crippen LogP contribution is -2.37. The molecule has 1 aromatic carbocycles. The number of phenols is 1. The van der Waals surface area contributed by atoms with E-state index in [1.165, 1.54) is 18.2 Å². The summed E-state index contributed by atoms with van der Waals surface area (Å²) >= 11 is 0. The zero-order chi connectivity index (χ0) is 17.1. The van der Waals surface area contributed by atoms with Gasteiger partial charge < -0.3 is 20.1 Å². The average molecular weight is 311 g/mol. The number of aromatic hydroxyl groups is 1. The molecule has 1 aromatic rings. The van der Waals surface area contributed by atoms with Crippen LogP contribution in [0.2, 0.25) is 0 Å². The van der Waals surface area contributed by atoms with Crippen molar-refractivity contribution < 1.29 is 29.6 Å². The second-order valence-electron chi connectivity index (χ2n) is 6.22. The number of carboxylic acid groups (broad SMARTS) is 1. The molecule has 7 nitrogen and oxygen atoms in total. The Kier molecular flexibility index (Phi) is 5.03. The number of ether oxygens (including phenoxy) is 1. The van der Waals surface area contributed by atoms with Gasteiger partial charge in [-0.2, -0.15) is 0 Å². The van der Waals surface area contributed by atoms with Gasteiger partial charge in [0.2, 0.25) is 0 Å². The van der Waals surface area contributed by atoms with Crippen LogP contribution in [0.5, 0.6) is 5.75 Å². The molecule has 1 unspecified atom stereocenters. The van der Waals surface area contributed by atoms with Crippen molar-refractivity contribution in [3.05, 3.63) is 23.8 Å². The van der Waals surface area contributed by atoms with Crippen LogP contribution in [-0.2, 0) is 16.0 Å². The lowest BCUT2D eigenvalue weighted by atomic mass is 9.95. The number of nitrogens with one attached hydrogen (secondary N) is 1. The lowest BCUT2D eigenvalue weighted by molar-refractivity contribution is -0.156. The van der Waals surface area contributed by atoms with E-state index in [2.05, 4.69) is 5.32 Å². The summed E-state index contributed by atoms with van der Waals surface area (Å²) in [4.78, 5) is 22.8. The van der Waals surface area contributed by atoms with E-state index in [4.69, 9.17) is 9.84 Å². The largest absolute Gasteiger partial charge is 0.508 e. The highest BCUT2D eigenvalue weighted by Crippen LogP contribution is 2.26. The van der Waals surface area contributed by atoms with Crippen molar-refractivity contribution >= 4 is 17.7 Å². The molecule has 0 aromatic heterocycles. The predicted molar refractivity (Wildman–Crippen MR) is 79.9 cm³/mol. The van der Waals surface area contributed by atoms with E-state index in [9.17, 15) is 19.8 Å². The van der Waals surface area contributed by atoms with Crippen molar-refractivity contribution in [3.63, 3.8) is 0 Å². The Hall–Kier alpha value is -2.28. The number of hydrogen-bond donors (Lipinski definition) is 4. The molecule has 22 heavy (non-hydrogen) atoms. The molecule has 0 fully saturated rings. The summed E-state index contributed by atoms with van der Waals surface area (Å²) in [7, 11) is 0. The first-order valence-electron chi connectivity index (χ1n) is 6.68. The van der Waals surface area contributed by atoms with Gasteiger partial charge in [-0.1, -0.05) is 0 Å². The number of phenolic OH excluding ortho intramolecular Hbond substituents is 1. The summed E-state index contributed by atoms with van der Waals surface area (Å²) in [6.07, 6.45) is -1.00. The minimum atomic E-state index is -2.03. The highest BCUT2D eigenvalue weighted by Gasteiger charge is 2.31. The topological polar surface area (TPSA) is 116 Å². The van der Waals surface area contributed by atoms with Crippen LogP contribution in [0.1, 0.15) is 33.3 Å². The van der Waals surface area contributed by atoms with E-state index in [-0.39, 0.29) is 23.4 Å². The van der Waals surface area contributed by atoms with Gasteiger partial charge in [0, 0.05) is 12.1 Å². The number of amides is 1. The Morgan fingerprint density at radius 2 is 1.82 bits per heavy atom. The van der Waals surface area contributed by atoms with Crippen LogP contribution in [0.4, 0.5) is 10.5 Å². The lowest BCUT2D eigenvalue weighted by Gasteiger charge is -2.22. The van der Waals surface area contributed by atoms with E-state index < -0.39 is 23.3 Å². The van der Waals surface area contributed by atoms with Crippen LogP contribution in [0.25, 0.3) is 0 Å². The Labute approximate surface area is 128 Å². The second kappa shape index (κ2) is 6.23. The quantitative estimate of drug-likeness (QED) is 0.633. The van der Waals surface area contributed by atoms with Crippen molar-refractivity contribution in [2.24, 2.45) is 0 Å². The van der Waals surface area contributed by atoms with Gasteiger partial charge in [-0.05, 0) is 51.5 Å². The van der Waals surface area contributed by atoms with Crippen molar-refractivity contribution in [1.29, 1.82) is 0 Å². The first-order valence-corrected chi connectivity index (χ1v) is 6.68. The molecule has 0 saturated heterocycles. The predicted octanol–water partition coefficient (Wildman–Crippen LogP) is 2.12. The standard InChI is InChI=1S/C15H21NO6/c1-14(2,3)22-13(20)16-11-6-5-10(17)7-9(11)8-15(4,21)12(18)19/h5-7,17,21H,8H2,1-4H3,(H,16,20)(H,18,19). The van der Waals surface area contributed by atoms with Crippen LogP contribution in [-0.4, -0.2) is 38.6 Å². The van der Waals surface area contributed by atoms with Gasteiger partial charge in [0.25, 0.3) is 0 Å². The summed E-state index contributed by atoms with van der Waals surface area (Å²) in [5, 5.41) is 30.8. The SMILES string of the molecule is CC(C)(C)OC(=O)Nc1ccc(O)cc1CC(C)(O)C(=O)O. The third-order valence-electron chi connectivity index (χ3n) is 2.72. The monoisotopic (exact) mass is 311 g/mol. The fourth-order valence-corrected chi connectivity index (χ4v) is 1.71. The molecular formula is C15H21NO6. The van der Waals surface area contributed by atoms with E-state index in [1.54, 1.807) is 20.8 Å². The minimum absolute atomic E-state index is 0.106. The number of carbonyl (C=O) groups is 2. The maximum Gasteiger partial charge on any atom is 0.412 e. The summed E-state index contributed by atoms with van der Waals surface area (Å²) in [5.41, 5.74) is -2.18. The van der Waals surface area contributed by atoms with Crippen molar-refractivity contribution in [1.82, 2.24) is 0 Å². The van der Waals surface area contributed by atoms with Crippen molar-refractivity contribution in [2.45, 2.75) is 45.3 Å². The normalized spacial score (nSPS) is 14.0. The molecule has 0 spiro atoms. The van der Waals surface area contributed by atoms with E-state index in [0.29, 0.717) is 0 Å². The Bertz CT molecular complexity index is 574. The summed E-state index contributed by atoms with van der Waals surface area (Å²) in [6, 6.07) is 4.03. The fourth-order valence-electron chi connectivity index (χ4n) is 1.71. The van der Waals surface area contributed by atoms with Gasteiger partial charge in [0.05, 0.1) is 0 Å². The fraction of sp³-hybridized carbons (Fsp3) is 0.467. The van der Waals surface area contributed by atoms with E-state index >= 15 is 0 Å². The molecule has 1 amide bonds. The summed E-state index contributed by atoms with van der Waals surface area (Å²) in [6.45, 7) is 6.26. The Morgan fingerprint density at radius 1 is 1.23 bits per heavy atom. The molecule has 0 bridgehead atoms. The number of benzene rings is 1. The Morgan fingerprint density at radius 3 is 2.32 bits per heavy atom. The number of rotatable bonds is 4. The smallest absolute Gasteiger partial charge is 0.412 e. The highest BCUT2D eigenvalue weighted by molar-refractivity contribution is 5.86.